The van der Waals surface area contributed by atoms with E-state index in [4.69, 9.17) is 4.74 Å². The Bertz CT molecular complexity index is 548. The quantitative estimate of drug-likeness (QED) is 0.756. The summed E-state index contributed by atoms with van der Waals surface area (Å²) < 4.78 is 5.93. The van der Waals surface area contributed by atoms with Gasteiger partial charge in [-0.1, -0.05) is 45.2 Å². The number of unbranched alkanes of at least 4 members (excludes halogenated alkanes) is 1. The summed E-state index contributed by atoms with van der Waals surface area (Å²) in [5.41, 5.74) is 0. The molecule has 2 heteroatoms. The molecule has 0 aliphatic carbocycles. The summed E-state index contributed by atoms with van der Waals surface area (Å²) in [6, 6.07) is 11.4. The van der Waals surface area contributed by atoms with E-state index < -0.39 is 0 Å². The summed E-state index contributed by atoms with van der Waals surface area (Å²) in [7, 11) is 0. The zero-order valence-electron chi connectivity index (χ0n) is 12.4. The lowest BCUT2D eigenvalue weighted by atomic mass is 10.0. The Balaban J connectivity index is 2.00. The Morgan fingerprint density at radius 3 is 2.55 bits per heavy atom. The van der Waals surface area contributed by atoms with Gasteiger partial charge < -0.3 is 9.84 Å². The SMILES string of the molecule is CCCCC(CC)COc1ccc2cc(O)ccc2c1. The fraction of sp³-hybridized carbons (Fsp3) is 0.444. The number of rotatable bonds is 7. The van der Waals surface area contributed by atoms with Gasteiger partial charge in [0, 0.05) is 0 Å². The monoisotopic (exact) mass is 272 g/mol. The number of ether oxygens (including phenoxy) is 1. The van der Waals surface area contributed by atoms with E-state index in [-0.39, 0.29) is 0 Å². The molecule has 108 valence electrons. The Kier molecular flexibility index (Phi) is 5.28. The minimum atomic E-state index is 0.303. The third-order valence-electron chi connectivity index (χ3n) is 3.82. The van der Waals surface area contributed by atoms with E-state index in [1.54, 1.807) is 12.1 Å². The molecule has 0 saturated heterocycles. The first-order valence-electron chi connectivity index (χ1n) is 7.58. The fourth-order valence-corrected chi connectivity index (χ4v) is 2.41. The molecule has 2 aromatic rings. The molecule has 0 saturated carbocycles. The topological polar surface area (TPSA) is 29.5 Å². The normalized spacial score (nSPS) is 12.5. The molecule has 0 radical (unpaired) electrons. The van der Waals surface area contributed by atoms with Gasteiger partial charge in [-0.15, -0.1) is 0 Å². The van der Waals surface area contributed by atoms with Crippen molar-refractivity contribution in [3.63, 3.8) is 0 Å². The minimum Gasteiger partial charge on any atom is -0.508 e. The highest BCUT2D eigenvalue weighted by atomic mass is 16.5. The first-order valence-corrected chi connectivity index (χ1v) is 7.58. The second kappa shape index (κ2) is 7.18. The standard InChI is InChI=1S/C18H24O2/c1-3-5-6-14(4-2)13-20-18-10-8-15-11-17(19)9-7-16(15)12-18/h7-12,14,19H,3-6,13H2,1-2H3. The van der Waals surface area contributed by atoms with Crippen molar-refractivity contribution >= 4 is 10.8 Å². The average molecular weight is 272 g/mol. The van der Waals surface area contributed by atoms with E-state index >= 15 is 0 Å². The molecular weight excluding hydrogens is 248 g/mol. The molecule has 0 spiro atoms. The van der Waals surface area contributed by atoms with Crippen LogP contribution in [-0.2, 0) is 0 Å². The lowest BCUT2D eigenvalue weighted by Gasteiger charge is -2.15. The molecular formula is C18H24O2. The Morgan fingerprint density at radius 1 is 1.05 bits per heavy atom. The molecule has 0 amide bonds. The van der Waals surface area contributed by atoms with Crippen LogP contribution in [0.15, 0.2) is 36.4 Å². The average Bonchev–Trinajstić information content (AvgIpc) is 2.47. The first-order chi connectivity index (χ1) is 9.72. The lowest BCUT2D eigenvalue weighted by molar-refractivity contribution is 0.233. The molecule has 1 N–H and O–H groups in total. The van der Waals surface area contributed by atoms with Gasteiger partial charge in [-0.05, 0) is 47.4 Å². The number of benzene rings is 2. The van der Waals surface area contributed by atoms with Crippen molar-refractivity contribution in [1.82, 2.24) is 0 Å². The van der Waals surface area contributed by atoms with Crippen LogP contribution in [-0.4, -0.2) is 11.7 Å². The highest BCUT2D eigenvalue weighted by Crippen LogP contribution is 2.25. The molecule has 0 aliphatic rings. The third kappa shape index (κ3) is 3.89. The number of fused-ring (bicyclic) bond motifs is 1. The van der Waals surface area contributed by atoms with E-state index in [0.29, 0.717) is 11.7 Å². The summed E-state index contributed by atoms with van der Waals surface area (Å²) in [5.74, 6) is 1.86. The largest absolute Gasteiger partial charge is 0.508 e. The molecule has 2 nitrogen and oxygen atoms in total. The summed E-state index contributed by atoms with van der Waals surface area (Å²) in [6.45, 7) is 5.25. The third-order valence-corrected chi connectivity index (χ3v) is 3.82. The number of hydrogen-bond donors (Lipinski definition) is 1. The summed E-state index contributed by atoms with van der Waals surface area (Å²) >= 11 is 0. The van der Waals surface area contributed by atoms with Gasteiger partial charge in [0.25, 0.3) is 0 Å². The van der Waals surface area contributed by atoms with E-state index in [9.17, 15) is 5.11 Å². The lowest BCUT2D eigenvalue weighted by Crippen LogP contribution is -2.11. The van der Waals surface area contributed by atoms with Crippen LogP contribution < -0.4 is 4.74 Å². The molecule has 0 aliphatic heterocycles. The number of hydrogen-bond acceptors (Lipinski definition) is 2. The highest BCUT2D eigenvalue weighted by Gasteiger charge is 2.07. The van der Waals surface area contributed by atoms with Crippen molar-refractivity contribution in [1.29, 1.82) is 0 Å². The zero-order chi connectivity index (χ0) is 14.4. The van der Waals surface area contributed by atoms with Gasteiger partial charge in [-0.3, -0.25) is 0 Å². The van der Waals surface area contributed by atoms with Gasteiger partial charge in [0.1, 0.15) is 11.5 Å². The Morgan fingerprint density at radius 2 is 1.80 bits per heavy atom. The van der Waals surface area contributed by atoms with Crippen LogP contribution >= 0.6 is 0 Å². The van der Waals surface area contributed by atoms with Crippen molar-refractivity contribution in [3.8, 4) is 11.5 Å². The van der Waals surface area contributed by atoms with Crippen LogP contribution in [0.3, 0.4) is 0 Å². The molecule has 0 fully saturated rings. The Hall–Kier alpha value is -1.70. The van der Waals surface area contributed by atoms with Crippen LogP contribution in [0.1, 0.15) is 39.5 Å². The van der Waals surface area contributed by atoms with Gasteiger partial charge in [0.2, 0.25) is 0 Å². The minimum absolute atomic E-state index is 0.303. The fourth-order valence-electron chi connectivity index (χ4n) is 2.41. The maximum absolute atomic E-state index is 9.46. The van der Waals surface area contributed by atoms with Crippen molar-refractivity contribution in [3.05, 3.63) is 36.4 Å². The van der Waals surface area contributed by atoms with Crippen LogP contribution in [0.25, 0.3) is 10.8 Å². The highest BCUT2D eigenvalue weighted by molar-refractivity contribution is 5.85. The van der Waals surface area contributed by atoms with Gasteiger partial charge in [0.05, 0.1) is 6.61 Å². The molecule has 0 aromatic heterocycles. The van der Waals surface area contributed by atoms with Crippen LogP contribution in [0, 0.1) is 5.92 Å². The predicted molar refractivity (Wildman–Crippen MR) is 84.4 cm³/mol. The van der Waals surface area contributed by atoms with Crippen LogP contribution in [0.5, 0.6) is 11.5 Å². The van der Waals surface area contributed by atoms with Crippen molar-refractivity contribution < 1.29 is 9.84 Å². The molecule has 1 atom stereocenters. The van der Waals surface area contributed by atoms with Crippen LogP contribution in [0.2, 0.25) is 0 Å². The smallest absolute Gasteiger partial charge is 0.119 e. The molecule has 0 bridgehead atoms. The molecule has 2 rings (SSSR count). The van der Waals surface area contributed by atoms with E-state index in [0.717, 1.165) is 23.1 Å². The van der Waals surface area contributed by atoms with Gasteiger partial charge in [0.15, 0.2) is 0 Å². The summed E-state index contributed by atoms with van der Waals surface area (Å²) in [5, 5.41) is 11.6. The second-order valence-electron chi connectivity index (χ2n) is 5.42. The maximum atomic E-state index is 9.46. The first kappa shape index (κ1) is 14.7. The van der Waals surface area contributed by atoms with E-state index in [1.165, 1.54) is 25.7 Å². The molecule has 2 aromatic carbocycles. The zero-order valence-corrected chi connectivity index (χ0v) is 12.4. The summed E-state index contributed by atoms with van der Waals surface area (Å²) in [6.07, 6.45) is 4.94. The Labute approximate surface area is 121 Å². The van der Waals surface area contributed by atoms with E-state index in [1.807, 2.05) is 24.3 Å². The van der Waals surface area contributed by atoms with Crippen molar-refractivity contribution in [2.75, 3.05) is 6.61 Å². The maximum Gasteiger partial charge on any atom is 0.119 e. The van der Waals surface area contributed by atoms with Crippen molar-refractivity contribution in [2.45, 2.75) is 39.5 Å². The van der Waals surface area contributed by atoms with E-state index in [2.05, 4.69) is 13.8 Å². The van der Waals surface area contributed by atoms with Gasteiger partial charge in [-0.25, -0.2) is 0 Å². The number of phenols is 1. The predicted octanol–water partition coefficient (Wildman–Crippen LogP) is 5.14. The van der Waals surface area contributed by atoms with Crippen LogP contribution in [0.4, 0.5) is 0 Å². The molecule has 1 unspecified atom stereocenters. The van der Waals surface area contributed by atoms with Crippen molar-refractivity contribution in [2.24, 2.45) is 5.92 Å². The molecule has 20 heavy (non-hydrogen) atoms. The number of phenolic OH excluding ortho intramolecular Hbond substituents is 1. The number of aromatic hydroxyl groups is 1. The van der Waals surface area contributed by atoms with Gasteiger partial charge in [-0.2, -0.15) is 0 Å². The molecule has 0 heterocycles. The second-order valence-corrected chi connectivity index (χ2v) is 5.42. The summed E-state index contributed by atoms with van der Waals surface area (Å²) in [4.78, 5) is 0. The van der Waals surface area contributed by atoms with Gasteiger partial charge >= 0.3 is 0 Å².